The van der Waals surface area contributed by atoms with Gasteiger partial charge < -0.3 is 4.90 Å². The monoisotopic (exact) mass is 583 g/mol. The van der Waals surface area contributed by atoms with E-state index in [1.807, 2.05) is 0 Å². The highest BCUT2D eigenvalue weighted by atomic mass is 15.2. The summed E-state index contributed by atoms with van der Waals surface area (Å²) in [5.41, 5.74) is 28.0. The van der Waals surface area contributed by atoms with Crippen molar-refractivity contribution in [2.45, 2.75) is 81.6 Å². The van der Waals surface area contributed by atoms with Crippen LogP contribution in [0.4, 0.5) is 17.1 Å². The molecule has 0 fully saturated rings. The minimum absolute atomic E-state index is 0.133. The van der Waals surface area contributed by atoms with E-state index >= 15 is 0 Å². The number of anilines is 3. The van der Waals surface area contributed by atoms with Gasteiger partial charge >= 0.3 is 0 Å². The van der Waals surface area contributed by atoms with Crippen LogP contribution in [-0.2, 0) is 5.41 Å². The summed E-state index contributed by atoms with van der Waals surface area (Å²) in [5.74, 6) is 0. The summed E-state index contributed by atoms with van der Waals surface area (Å²) < 4.78 is 0. The molecule has 0 aromatic heterocycles. The van der Waals surface area contributed by atoms with Crippen LogP contribution >= 0.6 is 0 Å². The Balaban J connectivity index is 1.59. The Hall–Kier alpha value is -3.97. The minimum Gasteiger partial charge on any atom is -0.312 e. The molecule has 0 saturated heterocycles. The molecule has 5 aromatic rings. The Kier molecular flexibility index (Phi) is 5.88. The Morgan fingerprint density at radius 3 is 1.04 bits per heavy atom. The first-order valence-electron chi connectivity index (χ1n) is 16.7. The van der Waals surface area contributed by atoms with Gasteiger partial charge in [0.15, 0.2) is 0 Å². The lowest BCUT2D eigenvalue weighted by molar-refractivity contribution is 0.632. The molecule has 0 N–H and O–H groups in total. The molecule has 0 atom stereocenters. The summed E-state index contributed by atoms with van der Waals surface area (Å²) in [6, 6.07) is 24.6. The van der Waals surface area contributed by atoms with Crippen molar-refractivity contribution in [1.82, 2.24) is 0 Å². The van der Waals surface area contributed by atoms with E-state index in [2.05, 4.69) is 142 Å². The van der Waals surface area contributed by atoms with Crippen molar-refractivity contribution in [1.29, 1.82) is 0 Å². The predicted molar refractivity (Wildman–Crippen MR) is 198 cm³/mol. The van der Waals surface area contributed by atoms with Gasteiger partial charge in [-0.15, -0.1) is 0 Å². The first kappa shape index (κ1) is 28.5. The maximum Gasteiger partial charge on any atom is 0.247 e. The van der Waals surface area contributed by atoms with E-state index in [1.54, 1.807) is 0 Å². The number of aryl methyl sites for hydroxylation is 9. The fourth-order valence-corrected chi connectivity index (χ4v) is 9.77. The number of hydrogen-bond donors (Lipinski definition) is 0. The maximum absolute atomic E-state index is 2.72. The molecule has 3 heterocycles. The molecule has 1 nitrogen and oxygen atoms in total. The molecular weight excluding hydrogens is 540 g/mol. The molecule has 3 aliphatic rings. The SMILES string of the molecule is Cc1cc(C)c(B2c3cc(C)cc4c3N3c5c2cc(C)cc5C(C)(C)c2cc(C)cc(c23)B4c2c(C)cc(C)cc2C)c(C)c1. The van der Waals surface area contributed by atoms with E-state index in [9.17, 15) is 0 Å². The normalized spacial score (nSPS) is 15.0. The zero-order chi connectivity index (χ0) is 31.9. The van der Waals surface area contributed by atoms with E-state index < -0.39 is 0 Å². The summed E-state index contributed by atoms with van der Waals surface area (Å²) in [6.07, 6.45) is 0. The number of nitrogens with zero attached hydrogens (tertiary/aromatic N) is 1. The maximum atomic E-state index is 2.72. The molecule has 0 radical (unpaired) electrons. The number of hydrogen-bond acceptors (Lipinski definition) is 1. The number of rotatable bonds is 2. The Bertz CT molecular complexity index is 1960. The van der Waals surface area contributed by atoms with E-state index in [-0.39, 0.29) is 18.8 Å². The summed E-state index contributed by atoms with van der Waals surface area (Å²) in [5, 5.41) is 0. The average molecular weight is 583 g/mol. The van der Waals surface area contributed by atoms with Crippen molar-refractivity contribution in [2.75, 3.05) is 4.90 Å². The smallest absolute Gasteiger partial charge is 0.247 e. The molecule has 5 aromatic carbocycles. The molecule has 45 heavy (non-hydrogen) atoms. The summed E-state index contributed by atoms with van der Waals surface area (Å²) >= 11 is 0. The fraction of sp³-hybridized carbons (Fsp3) is 0.286. The second-order valence-electron chi connectivity index (χ2n) is 15.2. The molecule has 0 amide bonds. The van der Waals surface area contributed by atoms with Crippen LogP contribution < -0.4 is 37.7 Å². The van der Waals surface area contributed by atoms with Gasteiger partial charge in [-0.2, -0.15) is 0 Å². The van der Waals surface area contributed by atoms with E-state index in [0.29, 0.717) is 0 Å². The highest BCUT2D eigenvalue weighted by molar-refractivity contribution is 7.02. The van der Waals surface area contributed by atoms with Gasteiger partial charge in [0.05, 0.1) is 0 Å². The van der Waals surface area contributed by atoms with Gasteiger partial charge in [0, 0.05) is 22.5 Å². The second kappa shape index (κ2) is 9.29. The van der Waals surface area contributed by atoms with Gasteiger partial charge in [-0.3, -0.25) is 0 Å². The van der Waals surface area contributed by atoms with E-state index in [1.165, 1.54) is 111 Å². The third kappa shape index (κ3) is 3.76. The van der Waals surface area contributed by atoms with Crippen molar-refractivity contribution in [3.8, 4) is 0 Å². The standard InChI is InChI=1S/C42H43B2N/c1-22-12-27(6)37(28(7)13-22)43-33-18-24(3)16-31-39(33)45-40-32(42(31,10)11)17-25(4)19-34(40)44(36-21-26(5)20-35(43)41(36)45)38-29(8)14-23(2)15-30(38)9/h12-21H,1-11H3. The third-order valence-corrected chi connectivity index (χ3v) is 11.2. The van der Waals surface area contributed by atoms with Gasteiger partial charge in [-0.05, 0) is 95.3 Å². The molecule has 0 aliphatic carbocycles. The van der Waals surface area contributed by atoms with Crippen molar-refractivity contribution >= 4 is 63.3 Å². The lowest BCUT2D eigenvalue weighted by atomic mass is 9.28. The van der Waals surface area contributed by atoms with Crippen LogP contribution in [-0.4, -0.2) is 13.4 Å². The third-order valence-electron chi connectivity index (χ3n) is 11.2. The van der Waals surface area contributed by atoms with Crippen LogP contribution in [0.5, 0.6) is 0 Å². The fourth-order valence-electron chi connectivity index (χ4n) is 9.77. The zero-order valence-corrected chi connectivity index (χ0v) is 28.9. The van der Waals surface area contributed by atoms with Crippen LogP contribution in [0.2, 0.25) is 0 Å². The van der Waals surface area contributed by atoms with E-state index in [4.69, 9.17) is 0 Å². The second-order valence-corrected chi connectivity index (χ2v) is 15.2. The van der Waals surface area contributed by atoms with Gasteiger partial charge in [-0.1, -0.05) is 136 Å². The highest BCUT2D eigenvalue weighted by Gasteiger charge is 2.51. The average Bonchev–Trinajstić information content (AvgIpc) is 2.92. The summed E-state index contributed by atoms with van der Waals surface area (Å²) in [7, 11) is 0. The van der Waals surface area contributed by atoms with Gasteiger partial charge in [0.25, 0.3) is 0 Å². The molecule has 0 unspecified atom stereocenters. The Morgan fingerprint density at radius 2 is 0.689 bits per heavy atom. The Labute approximate surface area is 270 Å². The van der Waals surface area contributed by atoms with Gasteiger partial charge in [-0.25, -0.2) is 0 Å². The summed E-state index contributed by atoms with van der Waals surface area (Å²) in [6.45, 7) is 25.9. The van der Waals surface area contributed by atoms with Crippen LogP contribution in [0, 0.1) is 62.3 Å². The van der Waals surface area contributed by atoms with Crippen molar-refractivity contribution < 1.29 is 0 Å². The topological polar surface area (TPSA) is 3.24 Å². The highest BCUT2D eigenvalue weighted by Crippen LogP contribution is 2.53. The van der Waals surface area contributed by atoms with Crippen LogP contribution in [0.3, 0.4) is 0 Å². The molecule has 0 bridgehead atoms. The van der Waals surface area contributed by atoms with Crippen LogP contribution in [0.15, 0.2) is 60.7 Å². The predicted octanol–water partition coefficient (Wildman–Crippen LogP) is 6.23. The first-order valence-corrected chi connectivity index (χ1v) is 16.7. The van der Waals surface area contributed by atoms with Gasteiger partial charge in [0.1, 0.15) is 0 Å². The van der Waals surface area contributed by atoms with Crippen molar-refractivity contribution in [3.63, 3.8) is 0 Å². The lowest BCUT2D eigenvalue weighted by Crippen LogP contribution is -2.67. The molecule has 8 rings (SSSR count). The largest absolute Gasteiger partial charge is 0.312 e. The van der Waals surface area contributed by atoms with Gasteiger partial charge in [0.2, 0.25) is 13.4 Å². The molecule has 0 spiro atoms. The van der Waals surface area contributed by atoms with Crippen molar-refractivity contribution in [3.05, 3.63) is 122 Å². The van der Waals surface area contributed by atoms with Crippen LogP contribution in [0.25, 0.3) is 0 Å². The first-order chi connectivity index (χ1) is 21.3. The zero-order valence-electron chi connectivity index (χ0n) is 28.9. The van der Waals surface area contributed by atoms with Crippen LogP contribution in [0.1, 0.15) is 75.0 Å². The number of benzene rings is 5. The molecule has 222 valence electrons. The Morgan fingerprint density at radius 1 is 0.400 bits per heavy atom. The lowest BCUT2D eigenvalue weighted by Gasteiger charge is -2.52. The summed E-state index contributed by atoms with van der Waals surface area (Å²) in [4.78, 5) is 2.72. The minimum atomic E-state index is -0.133. The van der Waals surface area contributed by atoms with E-state index in [0.717, 1.165) is 0 Å². The van der Waals surface area contributed by atoms with Crippen molar-refractivity contribution in [2.24, 2.45) is 0 Å². The molecular formula is C42H43B2N. The molecule has 3 heteroatoms. The molecule has 0 saturated carbocycles. The quantitative estimate of drug-likeness (QED) is 0.218. The molecule has 3 aliphatic heterocycles.